The van der Waals surface area contributed by atoms with Gasteiger partial charge >= 0.3 is 0 Å². The van der Waals surface area contributed by atoms with Crippen molar-refractivity contribution in [1.29, 1.82) is 0 Å². The maximum absolute atomic E-state index is 8.74. The summed E-state index contributed by atoms with van der Waals surface area (Å²) in [5, 5.41) is 15.5. The summed E-state index contributed by atoms with van der Waals surface area (Å²) < 4.78 is 0. The number of hydrogen-bond donors (Lipinski definition) is 3. The van der Waals surface area contributed by atoms with E-state index < -0.39 is 0 Å². The van der Waals surface area contributed by atoms with Gasteiger partial charge in [-0.3, -0.25) is 0 Å². The minimum atomic E-state index is -0.211. The summed E-state index contributed by atoms with van der Waals surface area (Å²) in [6.07, 6.45) is 11.6. The quantitative estimate of drug-likeness (QED) is 0.228. The topological polar surface area (TPSA) is 70.6 Å². The molecule has 4 nitrogen and oxygen atoms in total. The summed E-state index contributed by atoms with van der Waals surface area (Å²) in [6.45, 7) is 5.09. The molecular formula is C15H31N3O. The van der Waals surface area contributed by atoms with Crippen molar-refractivity contribution in [2.75, 3.05) is 6.54 Å². The van der Waals surface area contributed by atoms with E-state index in [9.17, 15) is 0 Å². The van der Waals surface area contributed by atoms with Crippen molar-refractivity contribution in [3.63, 3.8) is 0 Å². The number of nitrogens with two attached hydrogens (primary N) is 1. The van der Waals surface area contributed by atoms with Gasteiger partial charge in [0.15, 0.2) is 0 Å². The monoisotopic (exact) mass is 269 g/mol. The molecule has 0 atom stereocenters. The lowest BCUT2D eigenvalue weighted by atomic mass is 9.86. The number of oxime groups is 1. The maximum atomic E-state index is 8.74. The fourth-order valence-corrected chi connectivity index (χ4v) is 2.76. The molecule has 0 aliphatic heterocycles. The van der Waals surface area contributed by atoms with Crippen molar-refractivity contribution >= 4 is 5.84 Å². The van der Waals surface area contributed by atoms with Crippen LogP contribution in [0.1, 0.15) is 71.6 Å². The van der Waals surface area contributed by atoms with Crippen LogP contribution < -0.4 is 11.1 Å². The zero-order valence-electron chi connectivity index (χ0n) is 12.6. The molecule has 0 heterocycles. The first-order chi connectivity index (χ1) is 9.06. The molecule has 1 aliphatic rings. The van der Waals surface area contributed by atoms with Gasteiger partial charge in [-0.15, -0.1) is 0 Å². The molecule has 1 fully saturated rings. The Labute approximate surface area is 117 Å². The fourth-order valence-electron chi connectivity index (χ4n) is 2.76. The van der Waals surface area contributed by atoms with Crippen molar-refractivity contribution in [2.45, 2.75) is 77.7 Å². The second-order valence-electron chi connectivity index (χ2n) is 6.47. The highest BCUT2D eigenvalue weighted by Gasteiger charge is 2.23. The summed E-state index contributed by atoms with van der Waals surface area (Å²) >= 11 is 0. The summed E-state index contributed by atoms with van der Waals surface area (Å²) in [4.78, 5) is 0. The highest BCUT2D eigenvalue weighted by atomic mass is 16.4. The van der Waals surface area contributed by atoms with E-state index in [4.69, 9.17) is 10.9 Å². The number of nitrogens with zero attached hydrogens (tertiary/aromatic N) is 1. The molecular weight excluding hydrogens is 238 g/mol. The third-order valence-corrected chi connectivity index (χ3v) is 4.32. The minimum absolute atomic E-state index is 0.211. The third-order valence-electron chi connectivity index (χ3n) is 4.32. The zero-order valence-corrected chi connectivity index (χ0v) is 12.6. The van der Waals surface area contributed by atoms with E-state index in [-0.39, 0.29) is 5.41 Å². The van der Waals surface area contributed by atoms with Gasteiger partial charge in [-0.25, -0.2) is 0 Å². The van der Waals surface area contributed by atoms with Crippen LogP contribution in [0.3, 0.4) is 0 Å². The van der Waals surface area contributed by atoms with Crippen LogP contribution in [0, 0.1) is 5.41 Å². The average Bonchev–Trinajstić information content (AvgIpc) is 2.35. The largest absolute Gasteiger partial charge is 0.409 e. The predicted molar refractivity (Wildman–Crippen MR) is 80.5 cm³/mol. The van der Waals surface area contributed by atoms with Gasteiger partial charge in [0, 0.05) is 11.5 Å². The molecule has 0 radical (unpaired) electrons. The Balaban J connectivity index is 2.18. The lowest BCUT2D eigenvalue weighted by Gasteiger charge is -2.24. The first-order valence-electron chi connectivity index (χ1n) is 7.77. The van der Waals surface area contributed by atoms with Gasteiger partial charge in [-0.05, 0) is 32.2 Å². The summed E-state index contributed by atoms with van der Waals surface area (Å²) in [6, 6.07) is 0.701. The van der Waals surface area contributed by atoms with Crippen LogP contribution in [0.2, 0.25) is 0 Å². The number of nitrogens with one attached hydrogen (secondary N) is 1. The number of rotatable bonds is 6. The Morgan fingerprint density at radius 1 is 1.21 bits per heavy atom. The van der Waals surface area contributed by atoms with Crippen molar-refractivity contribution in [3.05, 3.63) is 0 Å². The van der Waals surface area contributed by atoms with Crippen LogP contribution in [0.25, 0.3) is 0 Å². The van der Waals surface area contributed by atoms with E-state index >= 15 is 0 Å². The zero-order chi connectivity index (χ0) is 14.1. The van der Waals surface area contributed by atoms with Gasteiger partial charge in [-0.2, -0.15) is 0 Å². The Kier molecular flexibility index (Phi) is 7.21. The maximum Gasteiger partial charge on any atom is 0.144 e. The van der Waals surface area contributed by atoms with E-state index in [1.165, 1.54) is 44.9 Å². The van der Waals surface area contributed by atoms with Crippen molar-refractivity contribution in [1.82, 2.24) is 5.32 Å². The Morgan fingerprint density at radius 3 is 2.37 bits per heavy atom. The van der Waals surface area contributed by atoms with Crippen LogP contribution in [0.15, 0.2) is 5.16 Å². The molecule has 0 saturated heterocycles. The van der Waals surface area contributed by atoms with Gasteiger partial charge in [0.05, 0.1) is 0 Å². The molecule has 4 N–H and O–H groups in total. The highest BCUT2D eigenvalue weighted by molar-refractivity contribution is 5.85. The van der Waals surface area contributed by atoms with E-state index in [1.807, 2.05) is 13.8 Å². The van der Waals surface area contributed by atoms with E-state index in [2.05, 4.69) is 10.5 Å². The normalized spacial score (nSPS) is 20.0. The lowest BCUT2D eigenvalue weighted by Crippen LogP contribution is -2.34. The molecule has 1 rings (SSSR count). The Hall–Kier alpha value is -0.770. The molecule has 4 heteroatoms. The molecule has 0 aromatic heterocycles. The summed E-state index contributed by atoms with van der Waals surface area (Å²) in [5.41, 5.74) is 5.48. The molecule has 1 saturated carbocycles. The SMILES string of the molecule is CC(C)(CCCNC1CCCCCCC1)C(N)=NO. The van der Waals surface area contributed by atoms with Gasteiger partial charge in [-0.1, -0.05) is 51.1 Å². The second-order valence-corrected chi connectivity index (χ2v) is 6.47. The molecule has 0 aromatic rings. The van der Waals surface area contributed by atoms with E-state index in [1.54, 1.807) is 0 Å². The summed E-state index contributed by atoms with van der Waals surface area (Å²) in [7, 11) is 0. The number of hydrogen-bond acceptors (Lipinski definition) is 3. The Bertz CT molecular complexity index is 269. The van der Waals surface area contributed by atoms with Gasteiger partial charge in [0.1, 0.15) is 5.84 Å². The smallest absolute Gasteiger partial charge is 0.144 e. The van der Waals surface area contributed by atoms with Gasteiger partial charge < -0.3 is 16.3 Å². The van der Waals surface area contributed by atoms with Gasteiger partial charge in [0.25, 0.3) is 0 Å². The van der Waals surface area contributed by atoms with Crippen molar-refractivity contribution in [3.8, 4) is 0 Å². The van der Waals surface area contributed by atoms with Crippen molar-refractivity contribution in [2.24, 2.45) is 16.3 Å². The van der Waals surface area contributed by atoms with Crippen LogP contribution in [-0.2, 0) is 0 Å². The van der Waals surface area contributed by atoms with E-state index in [0.717, 1.165) is 19.4 Å². The third kappa shape index (κ3) is 6.28. The van der Waals surface area contributed by atoms with Crippen LogP contribution in [0.4, 0.5) is 0 Å². The minimum Gasteiger partial charge on any atom is -0.409 e. The highest BCUT2D eigenvalue weighted by Crippen LogP contribution is 2.22. The molecule has 1 aliphatic carbocycles. The summed E-state index contributed by atoms with van der Waals surface area (Å²) in [5.74, 6) is 0.332. The first-order valence-corrected chi connectivity index (χ1v) is 7.77. The van der Waals surface area contributed by atoms with Crippen molar-refractivity contribution < 1.29 is 5.21 Å². The molecule has 0 aromatic carbocycles. The molecule has 0 spiro atoms. The van der Waals surface area contributed by atoms with Crippen LogP contribution >= 0.6 is 0 Å². The average molecular weight is 269 g/mol. The molecule has 0 bridgehead atoms. The Morgan fingerprint density at radius 2 is 1.79 bits per heavy atom. The predicted octanol–water partition coefficient (Wildman–Crippen LogP) is 3.24. The molecule has 19 heavy (non-hydrogen) atoms. The van der Waals surface area contributed by atoms with Gasteiger partial charge in [0.2, 0.25) is 0 Å². The standard InChI is InChI=1S/C15H31N3O/c1-15(2,14(16)18-19)11-8-12-17-13-9-6-4-3-5-7-10-13/h13,17,19H,3-12H2,1-2H3,(H2,16,18). The first kappa shape index (κ1) is 16.3. The number of amidine groups is 1. The van der Waals surface area contributed by atoms with Crippen LogP contribution in [0.5, 0.6) is 0 Å². The lowest BCUT2D eigenvalue weighted by molar-refractivity contribution is 0.303. The van der Waals surface area contributed by atoms with Crippen LogP contribution in [-0.4, -0.2) is 23.6 Å². The molecule has 0 amide bonds. The molecule has 112 valence electrons. The fraction of sp³-hybridized carbons (Fsp3) is 0.933. The second kappa shape index (κ2) is 8.41. The molecule has 0 unspecified atom stereocenters. The van der Waals surface area contributed by atoms with E-state index in [0.29, 0.717) is 11.9 Å².